The molecule has 6 heteroatoms. The molecule has 0 saturated heterocycles. The van der Waals surface area contributed by atoms with Crippen molar-refractivity contribution in [2.24, 2.45) is 0 Å². The molecular weight excluding hydrogens is 372 g/mol. The van der Waals surface area contributed by atoms with Crippen molar-refractivity contribution in [2.75, 3.05) is 13.2 Å². The van der Waals surface area contributed by atoms with Crippen molar-refractivity contribution < 1.29 is 30.0 Å². The summed E-state index contributed by atoms with van der Waals surface area (Å²) in [5, 5.41) is 37.6. The normalized spacial score (nSPS) is 13.6. The molecule has 29 heavy (non-hydrogen) atoms. The number of hydrogen-bond acceptors (Lipinski definition) is 6. The Morgan fingerprint density at radius 2 is 1.10 bits per heavy atom. The molecular formula is C23H46O6. The number of aliphatic hydroxyl groups excluding tert-OH is 4. The number of hydrogen-bond donors (Lipinski definition) is 4. The second kappa shape index (κ2) is 20.6. The molecule has 0 aromatic carbocycles. The Labute approximate surface area is 177 Å². The third-order valence-electron chi connectivity index (χ3n) is 5.32. The first-order chi connectivity index (χ1) is 14.0. The van der Waals surface area contributed by atoms with Gasteiger partial charge in [-0.2, -0.15) is 0 Å². The van der Waals surface area contributed by atoms with Gasteiger partial charge >= 0.3 is 5.97 Å². The predicted molar refractivity (Wildman–Crippen MR) is 116 cm³/mol. The zero-order chi connectivity index (χ0) is 21.7. The molecule has 174 valence electrons. The molecule has 0 aliphatic heterocycles. The number of ether oxygens (including phenoxy) is 1. The van der Waals surface area contributed by atoms with Crippen LogP contribution < -0.4 is 0 Å². The molecule has 0 aliphatic rings. The lowest BCUT2D eigenvalue weighted by molar-refractivity contribution is -0.155. The molecule has 0 aromatic heterocycles. The fraction of sp³-hybridized carbons (Fsp3) is 0.957. The van der Waals surface area contributed by atoms with Crippen LogP contribution in [-0.2, 0) is 9.53 Å². The summed E-state index contributed by atoms with van der Waals surface area (Å²) < 4.78 is 4.83. The zero-order valence-electron chi connectivity index (χ0n) is 18.6. The average molecular weight is 419 g/mol. The number of rotatable bonds is 21. The van der Waals surface area contributed by atoms with Crippen LogP contribution in [0.5, 0.6) is 0 Å². The van der Waals surface area contributed by atoms with Crippen molar-refractivity contribution in [3.8, 4) is 0 Å². The van der Waals surface area contributed by atoms with Crippen molar-refractivity contribution in [1.29, 1.82) is 0 Å². The van der Waals surface area contributed by atoms with E-state index in [0.717, 1.165) is 32.1 Å². The highest BCUT2D eigenvalue weighted by molar-refractivity contribution is 5.70. The number of carbonyl (C=O) groups is 1. The molecule has 2 atom stereocenters. The van der Waals surface area contributed by atoms with E-state index in [1.165, 1.54) is 57.8 Å². The van der Waals surface area contributed by atoms with Crippen molar-refractivity contribution in [1.82, 2.24) is 0 Å². The van der Waals surface area contributed by atoms with E-state index in [2.05, 4.69) is 6.92 Å². The summed E-state index contributed by atoms with van der Waals surface area (Å²) in [4.78, 5) is 11.5. The second-order valence-corrected chi connectivity index (χ2v) is 8.24. The number of carbonyl (C=O) groups excluding carboxylic acids is 1. The Kier molecular flexibility index (Phi) is 20.1. The molecule has 0 heterocycles. The SMILES string of the molecule is CCCCCCCCCCCC[C@@H](O)CCCC[C@@H](O)CC(=O)OC(CO)CO. The van der Waals surface area contributed by atoms with E-state index in [4.69, 9.17) is 14.9 Å². The lowest BCUT2D eigenvalue weighted by Gasteiger charge is -2.15. The van der Waals surface area contributed by atoms with E-state index < -0.39 is 31.4 Å². The standard InChI is InChI=1S/C23H46O6/c1-2-3-4-5-6-7-8-9-10-11-14-20(26)15-12-13-16-21(27)17-23(28)29-22(18-24)19-25/h20-22,24-27H,2-19H2,1H3/t20-,21-/m1/s1. The average Bonchev–Trinajstić information content (AvgIpc) is 2.70. The van der Waals surface area contributed by atoms with Gasteiger partial charge in [0.25, 0.3) is 0 Å². The number of aliphatic hydroxyl groups is 4. The summed E-state index contributed by atoms with van der Waals surface area (Å²) in [6.07, 6.45) is 14.4. The maximum absolute atomic E-state index is 11.5. The molecule has 0 aromatic rings. The van der Waals surface area contributed by atoms with Crippen molar-refractivity contribution in [3.63, 3.8) is 0 Å². The first-order valence-electron chi connectivity index (χ1n) is 11.8. The highest BCUT2D eigenvalue weighted by Gasteiger charge is 2.16. The van der Waals surface area contributed by atoms with Gasteiger partial charge in [0, 0.05) is 0 Å². The summed E-state index contributed by atoms with van der Waals surface area (Å²) >= 11 is 0. The molecule has 0 bridgehead atoms. The first kappa shape index (κ1) is 28.3. The fourth-order valence-electron chi connectivity index (χ4n) is 3.43. The van der Waals surface area contributed by atoms with E-state index in [-0.39, 0.29) is 12.5 Å². The van der Waals surface area contributed by atoms with Gasteiger partial charge in [0.15, 0.2) is 0 Å². The van der Waals surface area contributed by atoms with Gasteiger partial charge in [0.2, 0.25) is 0 Å². The van der Waals surface area contributed by atoms with Gasteiger partial charge in [-0.25, -0.2) is 0 Å². The van der Waals surface area contributed by atoms with Crippen LogP contribution in [0.1, 0.15) is 110 Å². The lowest BCUT2D eigenvalue weighted by atomic mass is 10.0. The van der Waals surface area contributed by atoms with Gasteiger partial charge in [-0.1, -0.05) is 84.0 Å². The first-order valence-corrected chi connectivity index (χ1v) is 11.8. The molecule has 0 radical (unpaired) electrons. The van der Waals surface area contributed by atoms with Crippen molar-refractivity contribution in [3.05, 3.63) is 0 Å². The summed E-state index contributed by atoms with van der Waals surface area (Å²) in [5.74, 6) is -0.619. The summed E-state index contributed by atoms with van der Waals surface area (Å²) in [6, 6.07) is 0. The molecule has 0 amide bonds. The molecule has 0 saturated carbocycles. The Morgan fingerprint density at radius 1 is 0.690 bits per heavy atom. The Balaban J connectivity index is 3.48. The predicted octanol–water partition coefficient (Wildman–Crippen LogP) is 3.87. The Hall–Kier alpha value is -0.690. The van der Waals surface area contributed by atoms with Gasteiger partial charge in [0.05, 0.1) is 31.8 Å². The molecule has 0 aliphatic carbocycles. The van der Waals surface area contributed by atoms with Crippen LogP contribution >= 0.6 is 0 Å². The Morgan fingerprint density at radius 3 is 1.59 bits per heavy atom. The molecule has 0 spiro atoms. The maximum Gasteiger partial charge on any atom is 0.308 e. The van der Waals surface area contributed by atoms with Gasteiger partial charge in [0.1, 0.15) is 6.10 Å². The summed E-state index contributed by atoms with van der Waals surface area (Å²) in [5.41, 5.74) is 0. The van der Waals surface area contributed by atoms with Crippen LogP contribution in [0, 0.1) is 0 Å². The topological polar surface area (TPSA) is 107 Å². The van der Waals surface area contributed by atoms with Gasteiger partial charge in [-0.15, -0.1) is 0 Å². The van der Waals surface area contributed by atoms with Crippen LogP contribution in [0.25, 0.3) is 0 Å². The number of esters is 1. The molecule has 6 nitrogen and oxygen atoms in total. The Bertz CT molecular complexity index is 359. The van der Waals surface area contributed by atoms with E-state index >= 15 is 0 Å². The summed E-state index contributed by atoms with van der Waals surface area (Å²) in [6.45, 7) is 1.37. The van der Waals surface area contributed by atoms with Crippen molar-refractivity contribution in [2.45, 2.75) is 128 Å². The lowest BCUT2D eigenvalue weighted by Crippen LogP contribution is -2.27. The van der Waals surface area contributed by atoms with Crippen LogP contribution in [-0.4, -0.2) is 57.9 Å². The minimum absolute atomic E-state index is 0.141. The van der Waals surface area contributed by atoms with Crippen LogP contribution in [0.15, 0.2) is 0 Å². The van der Waals surface area contributed by atoms with Gasteiger partial charge in [-0.05, 0) is 19.3 Å². The molecule has 0 rings (SSSR count). The highest BCUT2D eigenvalue weighted by Crippen LogP contribution is 2.15. The molecule has 4 N–H and O–H groups in total. The van der Waals surface area contributed by atoms with Gasteiger partial charge < -0.3 is 25.2 Å². The van der Waals surface area contributed by atoms with E-state index in [1.807, 2.05) is 0 Å². The third-order valence-corrected chi connectivity index (χ3v) is 5.32. The smallest absolute Gasteiger partial charge is 0.308 e. The highest BCUT2D eigenvalue weighted by atomic mass is 16.6. The largest absolute Gasteiger partial charge is 0.457 e. The third kappa shape index (κ3) is 19.0. The minimum atomic E-state index is -0.921. The molecule has 0 unspecified atom stereocenters. The van der Waals surface area contributed by atoms with Gasteiger partial charge in [-0.3, -0.25) is 4.79 Å². The zero-order valence-corrected chi connectivity index (χ0v) is 18.6. The summed E-state index contributed by atoms with van der Waals surface area (Å²) in [7, 11) is 0. The van der Waals surface area contributed by atoms with E-state index in [1.54, 1.807) is 0 Å². The monoisotopic (exact) mass is 418 g/mol. The minimum Gasteiger partial charge on any atom is -0.457 e. The number of unbranched alkanes of at least 4 members (excludes halogenated alkanes) is 10. The molecule has 0 fully saturated rings. The van der Waals surface area contributed by atoms with E-state index in [9.17, 15) is 15.0 Å². The van der Waals surface area contributed by atoms with E-state index in [0.29, 0.717) is 6.42 Å². The fourth-order valence-corrected chi connectivity index (χ4v) is 3.43. The maximum atomic E-state index is 11.5. The van der Waals surface area contributed by atoms with Crippen LogP contribution in [0.4, 0.5) is 0 Å². The van der Waals surface area contributed by atoms with Crippen molar-refractivity contribution >= 4 is 5.97 Å². The van der Waals surface area contributed by atoms with Crippen LogP contribution in [0.3, 0.4) is 0 Å². The second-order valence-electron chi connectivity index (χ2n) is 8.24. The quantitative estimate of drug-likeness (QED) is 0.166. The van der Waals surface area contributed by atoms with Crippen LogP contribution in [0.2, 0.25) is 0 Å².